The Bertz CT molecular complexity index is 712. The molecular weight excluding hydrogens is 328 g/mol. The summed E-state index contributed by atoms with van der Waals surface area (Å²) in [6.07, 6.45) is 2.03. The lowest BCUT2D eigenvalue weighted by molar-refractivity contribution is 0.0985. The van der Waals surface area contributed by atoms with E-state index in [4.69, 9.17) is 5.73 Å². The fraction of sp³-hybridized carbons (Fsp3) is 0.235. The van der Waals surface area contributed by atoms with E-state index in [0.717, 1.165) is 29.5 Å². The molecule has 3 nitrogen and oxygen atoms in total. The van der Waals surface area contributed by atoms with E-state index in [9.17, 15) is 4.79 Å². The van der Waals surface area contributed by atoms with Crippen LogP contribution in [0.2, 0.25) is 0 Å². The number of nitrogen functional groups attached to an aromatic ring is 1. The number of anilines is 2. The van der Waals surface area contributed by atoms with Crippen LogP contribution in [0.5, 0.6) is 0 Å². The summed E-state index contributed by atoms with van der Waals surface area (Å²) in [6, 6.07) is 11.6. The molecule has 0 saturated carbocycles. The smallest absolute Gasteiger partial charge is 0.258 e. The SMILES string of the molecule is Cc1ccc2c(c1)CCCN2C(=O)c1ccc(N)c(Br)c1. The molecule has 1 aliphatic heterocycles. The summed E-state index contributed by atoms with van der Waals surface area (Å²) in [4.78, 5) is 14.6. The standard InChI is InChI=1S/C17H17BrN2O/c1-11-4-7-16-12(9-11)3-2-8-20(16)17(21)13-5-6-15(19)14(18)10-13/h4-7,9-10H,2-3,8,19H2,1H3. The first-order valence-electron chi connectivity index (χ1n) is 7.02. The van der Waals surface area contributed by atoms with Crippen LogP contribution in [0.25, 0.3) is 0 Å². The lowest BCUT2D eigenvalue weighted by Crippen LogP contribution is -2.35. The van der Waals surface area contributed by atoms with Crippen LogP contribution in [0.3, 0.4) is 0 Å². The van der Waals surface area contributed by atoms with Crippen molar-refractivity contribution in [3.8, 4) is 0 Å². The van der Waals surface area contributed by atoms with Crippen molar-refractivity contribution in [2.45, 2.75) is 19.8 Å². The number of hydrogen-bond donors (Lipinski definition) is 1. The number of carbonyl (C=O) groups is 1. The molecule has 2 aromatic carbocycles. The van der Waals surface area contributed by atoms with Crippen molar-refractivity contribution < 1.29 is 4.79 Å². The number of fused-ring (bicyclic) bond motifs is 1. The summed E-state index contributed by atoms with van der Waals surface area (Å²) >= 11 is 3.38. The lowest BCUT2D eigenvalue weighted by atomic mass is 9.99. The molecule has 2 N–H and O–H groups in total. The number of nitrogens with two attached hydrogens (primary N) is 1. The molecule has 0 fully saturated rings. The predicted octanol–water partition coefficient (Wildman–Crippen LogP) is 3.93. The van der Waals surface area contributed by atoms with Crippen molar-refractivity contribution in [2.75, 3.05) is 17.2 Å². The van der Waals surface area contributed by atoms with Gasteiger partial charge in [-0.3, -0.25) is 4.79 Å². The highest BCUT2D eigenvalue weighted by molar-refractivity contribution is 9.10. The average Bonchev–Trinajstić information content (AvgIpc) is 2.48. The summed E-state index contributed by atoms with van der Waals surface area (Å²) in [5.74, 6) is 0.0282. The molecular formula is C17H17BrN2O. The summed E-state index contributed by atoms with van der Waals surface area (Å²) in [5, 5.41) is 0. The number of rotatable bonds is 1. The maximum Gasteiger partial charge on any atom is 0.258 e. The molecule has 1 heterocycles. The van der Waals surface area contributed by atoms with Crippen LogP contribution < -0.4 is 10.6 Å². The highest BCUT2D eigenvalue weighted by atomic mass is 79.9. The van der Waals surface area contributed by atoms with Gasteiger partial charge in [-0.1, -0.05) is 17.7 Å². The van der Waals surface area contributed by atoms with Crippen molar-refractivity contribution in [3.63, 3.8) is 0 Å². The highest BCUT2D eigenvalue weighted by Gasteiger charge is 2.23. The van der Waals surface area contributed by atoms with E-state index in [1.54, 1.807) is 18.2 Å². The Morgan fingerprint density at radius 2 is 2.05 bits per heavy atom. The largest absolute Gasteiger partial charge is 0.398 e. The Hall–Kier alpha value is -1.81. The van der Waals surface area contributed by atoms with Crippen molar-refractivity contribution in [2.24, 2.45) is 0 Å². The normalized spacial score (nSPS) is 13.9. The summed E-state index contributed by atoms with van der Waals surface area (Å²) in [5.41, 5.74) is 10.6. The fourth-order valence-electron chi connectivity index (χ4n) is 2.75. The number of benzene rings is 2. The molecule has 108 valence electrons. The third kappa shape index (κ3) is 2.68. The van der Waals surface area contributed by atoms with E-state index in [0.29, 0.717) is 11.3 Å². The predicted molar refractivity (Wildman–Crippen MR) is 89.7 cm³/mol. The van der Waals surface area contributed by atoms with Crippen LogP contribution in [-0.4, -0.2) is 12.5 Å². The van der Waals surface area contributed by atoms with E-state index in [1.165, 1.54) is 11.1 Å². The van der Waals surface area contributed by atoms with Gasteiger partial charge in [-0.2, -0.15) is 0 Å². The second-order valence-corrected chi connectivity index (χ2v) is 6.28. The van der Waals surface area contributed by atoms with Gasteiger partial charge in [-0.05, 0) is 65.5 Å². The molecule has 3 rings (SSSR count). The van der Waals surface area contributed by atoms with E-state index < -0.39 is 0 Å². The van der Waals surface area contributed by atoms with Crippen molar-refractivity contribution >= 4 is 33.2 Å². The van der Waals surface area contributed by atoms with Crippen LogP contribution in [0.1, 0.15) is 27.9 Å². The summed E-state index contributed by atoms with van der Waals surface area (Å²) in [6.45, 7) is 2.84. The zero-order chi connectivity index (χ0) is 15.0. The van der Waals surface area contributed by atoms with Crippen LogP contribution >= 0.6 is 15.9 Å². The maximum absolute atomic E-state index is 12.8. The topological polar surface area (TPSA) is 46.3 Å². The minimum Gasteiger partial charge on any atom is -0.398 e. The van der Waals surface area contributed by atoms with E-state index in [2.05, 4.69) is 35.0 Å². The van der Waals surface area contributed by atoms with Gasteiger partial charge in [-0.15, -0.1) is 0 Å². The van der Waals surface area contributed by atoms with Crippen molar-refractivity contribution in [1.29, 1.82) is 0 Å². The molecule has 4 heteroatoms. The average molecular weight is 345 g/mol. The minimum absolute atomic E-state index is 0.0282. The zero-order valence-electron chi connectivity index (χ0n) is 11.9. The molecule has 2 aromatic rings. The van der Waals surface area contributed by atoms with Gasteiger partial charge in [0, 0.05) is 28.0 Å². The molecule has 0 unspecified atom stereocenters. The Kier molecular flexibility index (Phi) is 3.72. The van der Waals surface area contributed by atoms with E-state index >= 15 is 0 Å². The van der Waals surface area contributed by atoms with E-state index in [1.807, 2.05) is 11.0 Å². The first-order valence-corrected chi connectivity index (χ1v) is 7.82. The molecule has 0 saturated heterocycles. The second-order valence-electron chi connectivity index (χ2n) is 5.43. The molecule has 1 aliphatic rings. The lowest BCUT2D eigenvalue weighted by Gasteiger charge is -2.30. The second kappa shape index (κ2) is 5.53. The molecule has 21 heavy (non-hydrogen) atoms. The van der Waals surface area contributed by atoms with E-state index in [-0.39, 0.29) is 5.91 Å². The summed E-state index contributed by atoms with van der Waals surface area (Å²) < 4.78 is 0.759. The fourth-order valence-corrected chi connectivity index (χ4v) is 3.13. The number of aryl methyl sites for hydroxylation is 2. The third-order valence-electron chi connectivity index (χ3n) is 3.85. The van der Waals surface area contributed by atoms with Gasteiger partial charge in [0.2, 0.25) is 0 Å². The highest BCUT2D eigenvalue weighted by Crippen LogP contribution is 2.30. The molecule has 0 bridgehead atoms. The Morgan fingerprint density at radius 3 is 2.81 bits per heavy atom. The van der Waals surface area contributed by atoms with Crippen LogP contribution in [-0.2, 0) is 6.42 Å². The van der Waals surface area contributed by atoms with Gasteiger partial charge in [0.15, 0.2) is 0 Å². The van der Waals surface area contributed by atoms with Crippen LogP contribution in [0.15, 0.2) is 40.9 Å². The van der Waals surface area contributed by atoms with Crippen molar-refractivity contribution in [1.82, 2.24) is 0 Å². The number of nitrogens with zero attached hydrogens (tertiary/aromatic N) is 1. The Balaban J connectivity index is 1.98. The molecule has 0 aliphatic carbocycles. The minimum atomic E-state index is 0.0282. The number of hydrogen-bond acceptors (Lipinski definition) is 2. The van der Waals surface area contributed by atoms with Gasteiger partial charge in [-0.25, -0.2) is 0 Å². The number of halogens is 1. The maximum atomic E-state index is 12.8. The first-order chi connectivity index (χ1) is 10.1. The summed E-state index contributed by atoms with van der Waals surface area (Å²) in [7, 11) is 0. The van der Waals surface area contributed by atoms with Gasteiger partial charge in [0.25, 0.3) is 5.91 Å². The Morgan fingerprint density at radius 1 is 1.24 bits per heavy atom. The van der Waals surface area contributed by atoms with Crippen LogP contribution in [0, 0.1) is 6.92 Å². The quantitative estimate of drug-likeness (QED) is 0.796. The molecule has 0 aromatic heterocycles. The molecule has 0 spiro atoms. The first kappa shape index (κ1) is 14.1. The Labute approximate surface area is 132 Å². The molecule has 1 amide bonds. The number of carbonyl (C=O) groups excluding carboxylic acids is 1. The van der Waals surface area contributed by atoms with Crippen molar-refractivity contribution in [3.05, 3.63) is 57.6 Å². The third-order valence-corrected chi connectivity index (χ3v) is 4.53. The van der Waals surface area contributed by atoms with Gasteiger partial charge in [0.05, 0.1) is 0 Å². The number of amides is 1. The zero-order valence-corrected chi connectivity index (χ0v) is 13.5. The molecule has 0 atom stereocenters. The monoisotopic (exact) mass is 344 g/mol. The van der Waals surface area contributed by atoms with Gasteiger partial charge >= 0.3 is 0 Å². The molecule has 0 radical (unpaired) electrons. The van der Waals surface area contributed by atoms with Gasteiger partial charge in [0.1, 0.15) is 0 Å². The van der Waals surface area contributed by atoms with Gasteiger partial charge < -0.3 is 10.6 Å². The van der Waals surface area contributed by atoms with Crippen LogP contribution in [0.4, 0.5) is 11.4 Å².